The predicted octanol–water partition coefficient (Wildman–Crippen LogP) is 6.74. The number of anilines is 2. The Morgan fingerprint density at radius 3 is 1.54 bits per heavy atom. The topological polar surface area (TPSA) is 97.5 Å². The van der Waals surface area contributed by atoms with Gasteiger partial charge in [-0.25, -0.2) is 26.3 Å². The molecule has 7 rings (SSSR count). The van der Waals surface area contributed by atoms with Gasteiger partial charge in [0.15, 0.2) is 0 Å². The fourth-order valence-corrected chi connectivity index (χ4v) is 7.91. The fourth-order valence-electron chi connectivity index (χ4n) is 5.77. The van der Waals surface area contributed by atoms with Gasteiger partial charge in [0.25, 0.3) is 10.0 Å². The Kier molecular flexibility index (Phi) is 5.76. The molecule has 2 N–H and O–H groups in total. The first kappa shape index (κ1) is 25.5. The van der Waals surface area contributed by atoms with Crippen LogP contribution in [0.2, 0.25) is 0 Å². The summed E-state index contributed by atoms with van der Waals surface area (Å²) in [4.78, 5) is 0.187. The summed E-state index contributed by atoms with van der Waals surface area (Å²) >= 11 is 0. The molecule has 0 bridgehead atoms. The van der Waals surface area contributed by atoms with E-state index in [1.165, 1.54) is 10.4 Å². The van der Waals surface area contributed by atoms with E-state index in [9.17, 15) is 16.8 Å². The van der Waals surface area contributed by atoms with Crippen molar-refractivity contribution in [3.63, 3.8) is 0 Å². The third kappa shape index (κ3) is 4.19. The number of sulfonamides is 2. The first-order chi connectivity index (χ1) is 19.7. The average Bonchev–Trinajstić information content (AvgIpc) is 3.34. The van der Waals surface area contributed by atoms with Crippen molar-refractivity contribution in [1.29, 1.82) is 0 Å². The van der Waals surface area contributed by atoms with E-state index in [1.807, 2.05) is 84.9 Å². The van der Waals surface area contributed by atoms with Gasteiger partial charge in [-0.2, -0.15) is 0 Å². The minimum absolute atomic E-state index is 0.0370. The minimum atomic E-state index is -4.11. The van der Waals surface area contributed by atoms with Crippen LogP contribution in [-0.4, -0.2) is 16.8 Å². The maximum absolute atomic E-state index is 14.7. The van der Waals surface area contributed by atoms with E-state index >= 15 is 0 Å². The third-order valence-corrected chi connectivity index (χ3v) is 10.3. The summed E-state index contributed by atoms with van der Waals surface area (Å²) in [7, 11) is -7.97. The highest BCUT2D eigenvalue weighted by Crippen LogP contribution is 2.43. The van der Waals surface area contributed by atoms with Gasteiger partial charge in [0.05, 0.1) is 21.2 Å². The Morgan fingerprint density at radius 2 is 1.00 bits per heavy atom. The van der Waals surface area contributed by atoms with Gasteiger partial charge in [0, 0.05) is 10.8 Å². The van der Waals surface area contributed by atoms with Crippen LogP contribution in [0.25, 0.3) is 32.7 Å². The van der Waals surface area contributed by atoms with Crippen molar-refractivity contribution in [3.8, 4) is 11.1 Å². The molecule has 0 amide bonds. The van der Waals surface area contributed by atoms with Gasteiger partial charge >= 0.3 is 0 Å². The van der Waals surface area contributed by atoms with Crippen LogP contribution in [0.1, 0.15) is 11.1 Å². The largest absolute Gasteiger partial charge is 0.268 e. The molecule has 1 aliphatic carbocycles. The molecular weight excluding hydrogens is 553 g/mol. The number of benzene rings is 6. The lowest BCUT2D eigenvalue weighted by atomic mass is 10.1. The van der Waals surface area contributed by atoms with Crippen molar-refractivity contribution in [2.75, 3.05) is 4.31 Å². The molecule has 6 aromatic carbocycles. The Balaban J connectivity index is 1.42. The molecule has 202 valence electrons. The van der Waals surface area contributed by atoms with Gasteiger partial charge in [-0.3, -0.25) is 0 Å². The SMILES string of the molecule is NS(=O)(=O)c1ccc2c(c1)Cc1cc(S(=O)(=O)N(c3cccc4ccccc34)c3cccc4ccccc34)ccc1-2. The highest BCUT2D eigenvalue weighted by molar-refractivity contribution is 7.93. The molecule has 8 heteroatoms. The molecular formula is C33H24N2O4S2. The molecule has 0 spiro atoms. The molecule has 0 aromatic heterocycles. The molecule has 6 aromatic rings. The van der Waals surface area contributed by atoms with E-state index < -0.39 is 20.0 Å². The number of hydrogen-bond acceptors (Lipinski definition) is 4. The molecule has 41 heavy (non-hydrogen) atoms. The summed E-state index contributed by atoms with van der Waals surface area (Å²) in [5.74, 6) is 0. The molecule has 0 radical (unpaired) electrons. The first-order valence-electron chi connectivity index (χ1n) is 13.0. The second-order valence-electron chi connectivity index (χ2n) is 10.1. The van der Waals surface area contributed by atoms with Crippen LogP contribution in [0.3, 0.4) is 0 Å². The van der Waals surface area contributed by atoms with E-state index in [-0.39, 0.29) is 9.79 Å². The molecule has 0 unspecified atom stereocenters. The molecule has 0 aliphatic heterocycles. The van der Waals surface area contributed by atoms with Crippen LogP contribution < -0.4 is 9.44 Å². The van der Waals surface area contributed by atoms with Gasteiger partial charge in [-0.1, -0.05) is 84.9 Å². The third-order valence-electron chi connectivity index (χ3n) is 7.66. The van der Waals surface area contributed by atoms with Gasteiger partial charge < -0.3 is 0 Å². The number of nitrogens with zero attached hydrogens (tertiary/aromatic N) is 1. The standard InChI is InChI=1S/C33H24N2O4S2/c34-40(36,37)26-15-17-28-24(20-26)19-25-21-27(16-18-29(25)28)41(38,39)35(32-13-5-9-22-7-1-3-11-30(22)32)33-14-6-10-23-8-2-4-12-31(23)33/h1-18,20-21H,19H2,(H2,34,36,37). The maximum atomic E-state index is 14.7. The van der Waals surface area contributed by atoms with Crippen LogP contribution in [0, 0.1) is 0 Å². The van der Waals surface area contributed by atoms with Crippen LogP contribution >= 0.6 is 0 Å². The van der Waals surface area contributed by atoms with Crippen molar-refractivity contribution in [3.05, 3.63) is 132 Å². The van der Waals surface area contributed by atoms with Crippen molar-refractivity contribution in [1.82, 2.24) is 0 Å². The van der Waals surface area contributed by atoms with E-state index in [2.05, 4.69) is 0 Å². The predicted molar refractivity (Wildman–Crippen MR) is 163 cm³/mol. The Labute approximate surface area is 238 Å². The Bertz CT molecular complexity index is 2150. The smallest absolute Gasteiger partial charge is 0.233 e. The molecule has 6 nitrogen and oxygen atoms in total. The number of primary sulfonamides is 1. The number of rotatable bonds is 5. The number of fused-ring (bicyclic) bond motifs is 5. The summed E-state index contributed by atoms with van der Waals surface area (Å²) < 4.78 is 54.7. The van der Waals surface area contributed by atoms with Gasteiger partial charge in [-0.15, -0.1) is 0 Å². The first-order valence-corrected chi connectivity index (χ1v) is 16.0. The summed E-state index contributed by atoms with van der Waals surface area (Å²) in [5.41, 5.74) is 4.46. The average molecular weight is 577 g/mol. The van der Waals surface area contributed by atoms with E-state index in [1.54, 1.807) is 30.3 Å². The zero-order valence-corrected chi connectivity index (χ0v) is 23.4. The molecule has 1 aliphatic rings. The second-order valence-corrected chi connectivity index (χ2v) is 13.5. The van der Waals surface area contributed by atoms with Gasteiger partial charge in [0.1, 0.15) is 0 Å². The number of hydrogen-bond donors (Lipinski definition) is 1. The molecule has 0 fully saturated rings. The van der Waals surface area contributed by atoms with Crippen LogP contribution in [0.4, 0.5) is 11.4 Å². The lowest BCUT2D eigenvalue weighted by Gasteiger charge is -2.27. The van der Waals surface area contributed by atoms with E-state index in [4.69, 9.17) is 5.14 Å². The summed E-state index contributed by atoms with van der Waals surface area (Å²) in [5, 5.41) is 8.84. The van der Waals surface area contributed by atoms with E-state index in [0.29, 0.717) is 17.8 Å². The van der Waals surface area contributed by atoms with Crippen molar-refractivity contribution in [2.24, 2.45) is 5.14 Å². The van der Waals surface area contributed by atoms with Crippen molar-refractivity contribution in [2.45, 2.75) is 16.2 Å². The lowest BCUT2D eigenvalue weighted by molar-refractivity contribution is 0.595. The Morgan fingerprint density at radius 1 is 0.537 bits per heavy atom. The van der Waals surface area contributed by atoms with Crippen LogP contribution in [-0.2, 0) is 26.5 Å². The van der Waals surface area contributed by atoms with E-state index in [0.717, 1.165) is 43.8 Å². The fraction of sp³-hybridized carbons (Fsp3) is 0.0303. The second kappa shape index (κ2) is 9.27. The quantitative estimate of drug-likeness (QED) is 0.245. The molecule has 0 saturated heterocycles. The van der Waals surface area contributed by atoms with Crippen molar-refractivity contribution >= 4 is 53.0 Å². The maximum Gasteiger partial charge on any atom is 0.268 e. The molecule has 0 saturated carbocycles. The summed E-state index contributed by atoms with van der Waals surface area (Å²) in [6, 6.07) is 36.7. The monoisotopic (exact) mass is 576 g/mol. The summed E-state index contributed by atoms with van der Waals surface area (Å²) in [6.07, 6.45) is 0.403. The normalized spacial score (nSPS) is 12.8. The molecule has 0 heterocycles. The zero-order valence-electron chi connectivity index (χ0n) is 21.7. The highest BCUT2D eigenvalue weighted by atomic mass is 32.2. The molecule has 0 atom stereocenters. The van der Waals surface area contributed by atoms with Crippen molar-refractivity contribution < 1.29 is 16.8 Å². The zero-order chi connectivity index (χ0) is 28.4. The Hall–Kier alpha value is -4.50. The van der Waals surface area contributed by atoms with Crippen LogP contribution in [0.5, 0.6) is 0 Å². The van der Waals surface area contributed by atoms with Gasteiger partial charge in [0.2, 0.25) is 10.0 Å². The minimum Gasteiger partial charge on any atom is -0.233 e. The highest BCUT2D eigenvalue weighted by Gasteiger charge is 2.31. The lowest BCUT2D eigenvalue weighted by Crippen LogP contribution is -2.27. The summed E-state index contributed by atoms with van der Waals surface area (Å²) in [6.45, 7) is 0. The number of nitrogens with two attached hydrogens (primary N) is 1. The van der Waals surface area contributed by atoms with Crippen LogP contribution in [0.15, 0.2) is 131 Å². The van der Waals surface area contributed by atoms with Gasteiger partial charge in [-0.05, 0) is 75.8 Å².